The average molecular weight is 616 g/mol. The van der Waals surface area contributed by atoms with E-state index in [9.17, 15) is 28.4 Å². The number of methoxy groups -OCH3 is 1. The summed E-state index contributed by atoms with van der Waals surface area (Å²) in [5, 5.41) is 0. The van der Waals surface area contributed by atoms with Crippen molar-refractivity contribution in [1.82, 2.24) is 0 Å². The molecule has 3 heterocycles. The maximum absolute atomic E-state index is 12.6. The second-order valence-corrected chi connectivity index (χ2v) is 13.3. The van der Waals surface area contributed by atoms with Gasteiger partial charge < -0.3 is 33.6 Å². The summed E-state index contributed by atoms with van der Waals surface area (Å²) in [6, 6.07) is -2.46. The molecular weight excluding hydrogens is 586 g/mol. The van der Waals surface area contributed by atoms with Crippen molar-refractivity contribution in [3.05, 3.63) is 0 Å². The number of hydrogen-bond acceptors (Lipinski definition) is 13. The van der Waals surface area contributed by atoms with Gasteiger partial charge in [0.1, 0.15) is 41.9 Å². The Kier molecular flexibility index (Phi) is 12.4. The zero-order valence-corrected chi connectivity index (χ0v) is 23.8. The van der Waals surface area contributed by atoms with Crippen LogP contribution in [0.3, 0.4) is 0 Å². The zero-order chi connectivity index (χ0) is 29.0. The van der Waals surface area contributed by atoms with E-state index >= 15 is 0 Å². The first-order valence-electron chi connectivity index (χ1n) is 11.7. The molecule has 3 rings (SSSR count). The molecule has 0 saturated carbocycles. The molecule has 6 radical (unpaired) electrons. The Bertz CT molecular complexity index is 949. The molecule has 0 aromatic carbocycles. The monoisotopic (exact) mass is 616 g/mol. The molecule has 3 N–H and O–H groups in total. The van der Waals surface area contributed by atoms with Crippen molar-refractivity contribution in [2.75, 3.05) is 34.0 Å². The fourth-order valence-electron chi connectivity index (χ4n) is 4.11. The smallest absolute Gasteiger partial charge is 0.380 e. The van der Waals surface area contributed by atoms with E-state index in [0.29, 0.717) is 6.42 Å². The standard InChI is InChI=1S/C17H30B3O16P3/c1-27-9-3-15(18)32-12(9)6-30-38(23,24)36-11-5-17(20)34-14(11)8-31-39(25,26)35-10-4-16(19)33-13(10)7-29-37(21,22)28-2/h9-17H,3-8H2,1-2H3,(H,21,22)(H,23,24)(H,25,26). The summed E-state index contributed by atoms with van der Waals surface area (Å²) >= 11 is 0. The highest BCUT2D eigenvalue weighted by atomic mass is 31.2. The maximum Gasteiger partial charge on any atom is 0.472 e. The van der Waals surface area contributed by atoms with E-state index < -0.39 is 91.3 Å². The van der Waals surface area contributed by atoms with Crippen LogP contribution in [0.15, 0.2) is 0 Å². The minimum atomic E-state index is -4.81. The van der Waals surface area contributed by atoms with Crippen LogP contribution in [0.2, 0.25) is 0 Å². The van der Waals surface area contributed by atoms with Crippen molar-refractivity contribution < 1.29 is 74.5 Å². The molecule has 22 heteroatoms. The third kappa shape index (κ3) is 10.5. The normalized spacial score (nSPS) is 39.8. The number of phosphoric ester groups is 3. The van der Waals surface area contributed by atoms with E-state index in [4.69, 9.17) is 65.1 Å². The predicted molar refractivity (Wildman–Crippen MR) is 132 cm³/mol. The van der Waals surface area contributed by atoms with Crippen molar-refractivity contribution in [2.45, 2.75) is 73.9 Å². The van der Waals surface area contributed by atoms with Gasteiger partial charge in [-0.25, -0.2) is 13.7 Å². The lowest BCUT2D eigenvalue weighted by atomic mass is 9.96. The van der Waals surface area contributed by atoms with Gasteiger partial charge >= 0.3 is 23.5 Å². The highest BCUT2D eigenvalue weighted by Gasteiger charge is 2.44. The first kappa shape index (κ1) is 33.9. The largest absolute Gasteiger partial charge is 0.472 e. The minimum absolute atomic E-state index is 0.0600. The molecule has 3 fully saturated rings. The van der Waals surface area contributed by atoms with E-state index in [1.165, 1.54) is 7.11 Å². The summed E-state index contributed by atoms with van der Waals surface area (Å²) in [5.74, 6) is 0. The summed E-state index contributed by atoms with van der Waals surface area (Å²) in [5.41, 5.74) is 0. The molecule has 3 aliphatic rings. The predicted octanol–water partition coefficient (Wildman–Crippen LogP) is -0.380. The Morgan fingerprint density at radius 1 is 0.641 bits per heavy atom. The number of rotatable bonds is 15. The Balaban J connectivity index is 1.51. The van der Waals surface area contributed by atoms with Crippen molar-refractivity contribution >= 4 is 47.0 Å². The average Bonchev–Trinajstić information content (AvgIpc) is 3.49. The van der Waals surface area contributed by atoms with Gasteiger partial charge in [0.15, 0.2) is 0 Å². The first-order chi connectivity index (χ1) is 18.1. The maximum atomic E-state index is 12.6. The molecule has 0 amide bonds. The molecule has 12 unspecified atom stereocenters. The summed E-state index contributed by atoms with van der Waals surface area (Å²) in [7, 11) is 5.73. The van der Waals surface area contributed by atoms with Gasteiger partial charge in [-0.1, -0.05) is 0 Å². The molecule has 0 aromatic rings. The van der Waals surface area contributed by atoms with Crippen LogP contribution < -0.4 is 0 Å². The topological polar surface area (TPSA) is 204 Å². The third-order valence-electron chi connectivity index (χ3n) is 5.96. The first-order valence-corrected chi connectivity index (χ1v) is 16.2. The summed E-state index contributed by atoms with van der Waals surface area (Å²) in [4.78, 5) is 29.8. The van der Waals surface area contributed by atoms with Crippen LogP contribution in [0.5, 0.6) is 0 Å². The quantitative estimate of drug-likeness (QED) is 0.159. The fraction of sp³-hybridized carbons (Fsp3) is 1.00. The molecule has 12 atom stereocenters. The van der Waals surface area contributed by atoms with Gasteiger partial charge in [0.2, 0.25) is 0 Å². The summed E-state index contributed by atoms with van der Waals surface area (Å²) in [6.45, 7) is -1.52. The molecule has 0 aromatic heterocycles. The van der Waals surface area contributed by atoms with Crippen LogP contribution in [0.1, 0.15) is 19.3 Å². The van der Waals surface area contributed by atoms with Crippen LogP contribution in [-0.4, -0.2) is 127 Å². The van der Waals surface area contributed by atoms with E-state index in [1.807, 2.05) is 0 Å². The molecular formula is C17H30B3O16P3. The van der Waals surface area contributed by atoms with Gasteiger partial charge in [-0.3, -0.25) is 27.1 Å². The number of ether oxygens (including phenoxy) is 4. The van der Waals surface area contributed by atoms with Gasteiger partial charge in [-0.05, 0) is 19.3 Å². The Morgan fingerprint density at radius 3 is 1.33 bits per heavy atom. The molecule has 0 spiro atoms. The highest BCUT2D eigenvalue weighted by Crippen LogP contribution is 2.51. The van der Waals surface area contributed by atoms with Crippen molar-refractivity contribution in [2.24, 2.45) is 0 Å². The molecule has 3 saturated heterocycles. The summed E-state index contributed by atoms with van der Waals surface area (Å²) in [6.07, 6.45) is -5.45. The highest BCUT2D eigenvalue weighted by molar-refractivity contribution is 7.48. The molecule has 39 heavy (non-hydrogen) atoms. The molecule has 0 aliphatic carbocycles. The van der Waals surface area contributed by atoms with Crippen molar-refractivity contribution in [3.63, 3.8) is 0 Å². The SMILES string of the molecule is [B]C1CC(OC)C(COP(=O)(O)OC2CC([B])OC2COP(=O)(O)OC2CC([B])OC2COP(=O)(O)OC)O1. The van der Waals surface area contributed by atoms with E-state index in [2.05, 4.69) is 4.52 Å². The van der Waals surface area contributed by atoms with E-state index in [0.717, 1.165) is 7.11 Å². The molecule has 16 nitrogen and oxygen atoms in total. The van der Waals surface area contributed by atoms with Crippen molar-refractivity contribution in [1.29, 1.82) is 0 Å². The lowest BCUT2D eigenvalue weighted by Gasteiger charge is -2.25. The lowest BCUT2D eigenvalue weighted by Crippen LogP contribution is -2.31. The van der Waals surface area contributed by atoms with Crippen LogP contribution in [0.4, 0.5) is 0 Å². The Labute approximate surface area is 229 Å². The van der Waals surface area contributed by atoms with Gasteiger partial charge in [0, 0.05) is 32.2 Å². The number of hydrogen-bond donors (Lipinski definition) is 3. The van der Waals surface area contributed by atoms with Crippen LogP contribution in [0.25, 0.3) is 0 Å². The van der Waals surface area contributed by atoms with Gasteiger partial charge in [0.25, 0.3) is 0 Å². The fourth-order valence-corrected chi connectivity index (χ4v) is 6.47. The van der Waals surface area contributed by atoms with E-state index in [-0.39, 0.29) is 19.4 Å². The third-order valence-corrected chi connectivity index (χ3v) is 8.93. The van der Waals surface area contributed by atoms with E-state index in [1.54, 1.807) is 0 Å². The number of phosphoric acid groups is 3. The Hall–Kier alpha value is 0.365. The molecule has 0 bridgehead atoms. The second-order valence-electron chi connectivity index (χ2n) is 8.88. The summed E-state index contributed by atoms with van der Waals surface area (Å²) < 4.78 is 87.3. The minimum Gasteiger partial charge on any atom is -0.380 e. The van der Waals surface area contributed by atoms with Gasteiger partial charge in [-0.15, -0.1) is 0 Å². The van der Waals surface area contributed by atoms with Gasteiger partial charge in [-0.2, -0.15) is 0 Å². The Morgan fingerprint density at radius 2 is 0.974 bits per heavy atom. The lowest BCUT2D eigenvalue weighted by molar-refractivity contribution is -0.0365. The zero-order valence-electron chi connectivity index (χ0n) is 21.2. The second kappa shape index (κ2) is 14.2. The van der Waals surface area contributed by atoms with Crippen molar-refractivity contribution in [3.8, 4) is 0 Å². The molecule has 3 aliphatic heterocycles. The van der Waals surface area contributed by atoms with Crippen LogP contribution >= 0.6 is 23.5 Å². The van der Waals surface area contributed by atoms with Crippen LogP contribution in [-0.2, 0) is 59.8 Å². The molecule has 218 valence electrons. The van der Waals surface area contributed by atoms with Gasteiger partial charge in [0.05, 0.1) is 38.1 Å². The van der Waals surface area contributed by atoms with Crippen LogP contribution in [0, 0.1) is 0 Å².